The first-order valence-electron chi connectivity index (χ1n) is 16.9. The van der Waals surface area contributed by atoms with Crippen LogP contribution in [0.2, 0.25) is 0 Å². The number of methoxy groups -OCH3 is 1. The number of H-pyrrole nitrogens is 2. The number of imidazole rings is 2. The monoisotopic (exact) mass is 650 g/mol. The van der Waals surface area contributed by atoms with Gasteiger partial charge >= 0.3 is 12.1 Å². The molecule has 4 aromatic rings. The van der Waals surface area contributed by atoms with Gasteiger partial charge in [0.1, 0.15) is 17.7 Å². The van der Waals surface area contributed by atoms with Crippen LogP contribution in [0, 0.1) is 23.7 Å². The SMILES string of the molecule is COC(=O)NC(C(=O)N1CCC[C@H]1c1ncc(-c2ccc(-c3ccc(-c4cnc([C@H]5C6CCC(C6)[C@@H]5C(=O)O)[nH]4)cc3)cc2)[nH]1)C(C)C. The van der Waals surface area contributed by atoms with E-state index < -0.39 is 18.1 Å². The second-order valence-electron chi connectivity index (χ2n) is 13.8. The van der Waals surface area contributed by atoms with Crippen molar-refractivity contribution in [1.29, 1.82) is 0 Å². The Morgan fingerprint density at radius 3 is 2.00 bits per heavy atom. The molecule has 2 aromatic carbocycles. The van der Waals surface area contributed by atoms with Crippen LogP contribution in [-0.4, -0.2) is 67.6 Å². The third kappa shape index (κ3) is 5.86. The number of nitrogens with one attached hydrogen (secondary N) is 3. The molecule has 1 aliphatic heterocycles. The van der Waals surface area contributed by atoms with Gasteiger partial charge in [0.25, 0.3) is 0 Å². The number of likely N-dealkylation sites (tertiary alicyclic amines) is 1. The molecule has 3 heterocycles. The minimum atomic E-state index is -0.702. The summed E-state index contributed by atoms with van der Waals surface area (Å²) in [4.78, 5) is 55.4. The van der Waals surface area contributed by atoms with Gasteiger partial charge in [0.15, 0.2) is 0 Å². The summed E-state index contributed by atoms with van der Waals surface area (Å²) < 4.78 is 4.74. The zero-order valence-electron chi connectivity index (χ0n) is 27.5. The van der Waals surface area contributed by atoms with Gasteiger partial charge in [0.2, 0.25) is 5.91 Å². The van der Waals surface area contributed by atoms with E-state index in [0.29, 0.717) is 12.5 Å². The third-order valence-electron chi connectivity index (χ3n) is 10.7. The van der Waals surface area contributed by atoms with Crippen molar-refractivity contribution >= 4 is 18.0 Å². The van der Waals surface area contributed by atoms with Crippen molar-refractivity contribution in [1.82, 2.24) is 30.2 Å². The Labute approximate surface area is 279 Å². The van der Waals surface area contributed by atoms with Gasteiger partial charge in [-0.15, -0.1) is 0 Å². The molecule has 48 heavy (non-hydrogen) atoms. The third-order valence-corrected chi connectivity index (χ3v) is 10.7. The minimum Gasteiger partial charge on any atom is -0.481 e. The van der Waals surface area contributed by atoms with Gasteiger partial charge in [-0.05, 0) is 72.1 Å². The summed E-state index contributed by atoms with van der Waals surface area (Å²) in [5, 5.41) is 12.6. The average molecular weight is 651 g/mol. The van der Waals surface area contributed by atoms with Gasteiger partial charge in [-0.2, -0.15) is 0 Å². The van der Waals surface area contributed by atoms with Crippen LogP contribution in [-0.2, 0) is 14.3 Å². The molecule has 2 aliphatic carbocycles. The predicted molar refractivity (Wildman–Crippen MR) is 180 cm³/mol. The standard InChI is InChI=1S/C37H42N6O5/c1-20(2)32(42-37(47)48-3)35(44)43-16-4-5-29(43)33-38-18-27(40-33)23-10-6-21(7-11-23)22-8-12-24(13-9-22)28-19-39-34(41-28)30-25-14-15-26(17-25)31(30)36(45)46/h6-13,18-20,25-26,29-32H,4-5,14-17H2,1-3H3,(H,38,40)(H,39,41)(H,42,47)(H,45,46)/t25?,26?,29-,30-,31-,32?/m0/s1. The molecule has 11 heteroatoms. The number of hydrogen-bond acceptors (Lipinski definition) is 6. The van der Waals surface area contributed by atoms with Crippen LogP contribution in [0.5, 0.6) is 0 Å². The van der Waals surface area contributed by atoms with Crippen molar-refractivity contribution in [2.45, 2.75) is 64.0 Å². The number of alkyl carbamates (subject to hydrolysis) is 1. The number of amides is 2. The molecule has 3 fully saturated rings. The molecule has 3 aliphatic rings. The van der Waals surface area contributed by atoms with E-state index in [-0.39, 0.29) is 35.6 Å². The van der Waals surface area contributed by atoms with Crippen LogP contribution < -0.4 is 5.32 Å². The Kier molecular flexibility index (Phi) is 8.53. The van der Waals surface area contributed by atoms with Crippen molar-refractivity contribution < 1.29 is 24.2 Å². The zero-order chi connectivity index (χ0) is 33.5. The minimum absolute atomic E-state index is 0.0362. The number of hydrogen-bond donors (Lipinski definition) is 4. The van der Waals surface area contributed by atoms with E-state index >= 15 is 0 Å². The second-order valence-corrected chi connectivity index (χ2v) is 13.8. The molecule has 250 valence electrons. The molecule has 2 aromatic heterocycles. The number of carbonyl (C=O) groups excluding carboxylic acids is 2. The highest BCUT2D eigenvalue weighted by Gasteiger charge is 2.52. The smallest absolute Gasteiger partial charge is 0.407 e. The van der Waals surface area contributed by atoms with Crippen molar-refractivity contribution in [3.8, 4) is 33.6 Å². The Bertz CT molecular complexity index is 1790. The maximum atomic E-state index is 13.5. The van der Waals surface area contributed by atoms with Crippen LogP contribution in [0.25, 0.3) is 33.6 Å². The molecular weight excluding hydrogens is 608 g/mol. The summed E-state index contributed by atoms with van der Waals surface area (Å²) in [5.74, 6) is 0.886. The zero-order valence-corrected chi connectivity index (χ0v) is 27.5. The molecule has 7 rings (SSSR count). The lowest BCUT2D eigenvalue weighted by Crippen LogP contribution is -2.51. The lowest BCUT2D eigenvalue weighted by atomic mass is 9.79. The van der Waals surface area contributed by atoms with Gasteiger partial charge in [-0.1, -0.05) is 62.4 Å². The number of aromatic amines is 2. The number of fused-ring (bicyclic) bond motifs is 2. The number of benzene rings is 2. The lowest BCUT2D eigenvalue weighted by molar-refractivity contribution is -0.144. The lowest BCUT2D eigenvalue weighted by Gasteiger charge is -2.30. The van der Waals surface area contributed by atoms with Gasteiger partial charge in [0, 0.05) is 12.5 Å². The molecule has 2 saturated carbocycles. The number of rotatable bonds is 9. The maximum absolute atomic E-state index is 13.5. The van der Waals surface area contributed by atoms with Crippen LogP contribution >= 0.6 is 0 Å². The van der Waals surface area contributed by atoms with Gasteiger partial charge < -0.3 is 30.0 Å². The first kappa shape index (κ1) is 31.7. The first-order valence-corrected chi connectivity index (χ1v) is 16.9. The van der Waals surface area contributed by atoms with Crippen LogP contribution in [0.4, 0.5) is 4.79 Å². The van der Waals surface area contributed by atoms with Gasteiger partial charge in [0.05, 0.1) is 42.9 Å². The fourth-order valence-electron chi connectivity index (χ4n) is 8.22. The number of nitrogens with zero attached hydrogens (tertiary/aromatic N) is 3. The van der Waals surface area contributed by atoms with Crippen LogP contribution in [0.15, 0.2) is 60.9 Å². The molecule has 0 radical (unpaired) electrons. The second kappa shape index (κ2) is 12.9. The Morgan fingerprint density at radius 1 is 0.854 bits per heavy atom. The predicted octanol–water partition coefficient (Wildman–Crippen LogP) is 6.39. The number of carboxylic acid groups (broad SMARTS) is 1. The number of aromatic nitrogens is 4. The number of carbonyl (C=O) groups is 3. The molecule has 2 bridgehead atoms. The summed E-state index contributed by atoms with van der Waals surface area (Å²) in [6.45, 7) is 4.41. The topological polar surface area (TPSA) is 153 Å². The van der Waals surface area contributed by atoms with E-state index in [1.54, 1.807) is 6.20 Å². The molecule has 11 nitrogen and oxygen atoms in total. The number of carboxylic acids is 1. The van der Waals surface area contributed by atoms with Crippen LogP contribution in [0.1, 0.15) is 69.6 Å². The van der Waals surface area contributed by atoms with Gasteiger partial charge in [-0.25, -0.2) is 14.8 Å². The van der Waals surface area contributed by atoms with Crippen molar-refractivity contribution in [2.24, 2.45) is 23.7 Å². The van der Waals surface area contributed by atoms with E-state index in [9.17, 15) is 19.5 Å². The Balaban J connectivity index is 1.02. The number of aliphatic carboxylic acids is 1. The van der Waals surface area contributed by atoms with Gasteiger partial charge in [-0.3, -0.25) is 9.59 Å². The fraction of sp³-hybridized carbons (Fsp3) is 0.432. The molecule has 4 N–H and O–H groups in total. The molecule has 2 amide bonds. The molecule has 6 atom stereocenters. The highest BCUT2D eigenvalue weighted by molar-refractivity contribution is 5.86. The molecular formula is C37H42N6O5. The fourth-order valence-corrected chi connectivity index (χ4v) is 8.22. The van der Waals surface area contributed by atoms with Crippen molar-refractivity contribution in [3.63, 3.8) is 0 Å². The molecule has 0 spiro atoms. The highest BCUT2D eigenvalue weighted by Crippen LogP contribution is 2.56. The van der Waals surface area contributed by atoms with E-state index in [1.165, 1.54) is 7.11 Å². The summed E-state index contributed by atoms with van der Waals surface area (Å²) in [5.41, 5.74) is 5.92. The van der Waals surface area contributed by atoms with E-state index in [2.05, 4.69) is 73.8 Å². The van der Waals surface area contributed by atoms with Crippen molar-refractivity contribution in [2.75, 3.05) is 13.7 Å². The van der Waals surface area contributed by atoms with Crippen LogP contribution in [0.3, 0.4) is 0 Å². The summed E-state index contributed by atoms with van der Waals surface area (Å²) >= 11 is 0. The average Bonchev–Trinajstić information content (AvgIpc) is 3.94. The molecule has 3 unspecified atom stereocenters. The normalized spacial score (nSPS) is 23.8. The van der Waals surface area contributed by atoms with E-state index in [1.807, 2.05) is 24.9 Å². The maximum Gasteiger partial charge on any atom is 0.407 e. The Hall–Kier alpha value is -4.93. The Morgan fingerprint density at radius 2 is 1.42 bits per heavy atom. The highest BCUT2D eigenvalue weighted by atomic mass is 16.5. The summed E-state index contributed by atoms with van der Waals surface area (Å²) in [6, 6.07) is 15.7. The quantitative estimate of drug-likeness (QED) is 0.164. The van der Waals surface area contributed by atoms with Crippen molar-refractivity contribution in [3.05, 3.63) is 72.6 Å². The summed E-state index contributed by atoms with van der Waals surface area (Å²) in [7, 11) is 1.29. The first-order chi connectivity index (χ1) is 23.2. The molecule has 1 saturated heterocycles. The number of ether oxygens (including phenoxy) is 1. The van der Waals surface area contributed by atoms with E-state index in [4.69, 9.17) is 4.74 Å². The summed E-state index contributed by atoms with van der Waals surface area (Å²) in [6.07, 6.45) is 7.75. The largest absolute Gasteiger partial charge is 0.481 e. The van der Waals surface area contributed by atoms with E-state index in [0.717, 1.165) is 77.4 Å².